The van der Waals surface area contributed by atoms with Crippen molar-refractivity contribution in [3.8, 4) is 5.75 Å². The molecule has 0 aliphatic rings. The molecule has 0 spiro atoms. The van der Waals surface area contributed by atoms with E-state index in [4.69, 9.17) is 9.47 Å². The van der Waals surface area contributed by atoms with E-state index >= 15 is 0 Å². The van der Waals surface area contributed by atoms with Gasteiger partial charge < -0.3 is 14.8 Å². The Kier molecular flexibility index (Phi) is 7.86. The Morgan fingerprint density at radius 3 is 2.22 bits per heavy atom. The van der Waals surface area contributed by atoms with Crippen molar-refractivity contribution in [2.75, 3.05) is 7.11 Å². The summed E-state index contributed by atoms with van der Waals surface area (Å²) >= 11 is 0. The molecule has 27 heavy (non-hydrogen) atoms. The first kappa shape index (κ1) is 20.5. The molecule has 0 saturated carbocycles. The maximum atomic E-state index is 12.0. The van der Waals surface area contributed by atoms with Gasteiger partial charge in [-0.3, -0.25) is 4.79 Å². The van der Waals surface area contributed by atoms with Crippen molar-refractivity contribution in [2.24, 2.45) is 5.92 Å². The van der Waals surface area contributed by atoms with E-state index in [0.717, 1.165) is 16.9 Å². The first-order valence-corrected chi connectivity index (χ1v) is 9.10. The molecule has 0 heterocycles. The van der Waals surface area contributed by atoms with Crippen molar-refractivity contribution < 1.29 is 19.1 Å². The van der Waals surface area contributed by atoms with Gasteiger partial charge in [0.1, 0.15) is 18.4 Å². The van der Waals surface area contributed by atoms with E-state index in [-0.39, 0.29) is 11.8 Å². The average molecular weight is 369 g/mol. The van der Waals surface area contributed by atoms with E-state index in [2.05, 4.69) is 5.32 Å². The Morgan fingerprint density at radius 2 is 1.63 bits per heavy atom. The van der Waals surface area contributed by atoms with Gasteiger partial charge in [-0.2, -0.15) is 0 Å². The third kappa shape index (κ3) is 7.13. The number of carbonyl (C=O) groups is 2. The summed E-state index contributed by atoms with van der Waals surface area (Å²) in [5.74, 6) is 0.380. The van der Waals surface area contributed by atoms with E-state index < -0.39 is 12.0 Å². The predicted octanol–water partition coefficient (Wildman–Crippen LogP) is 3.51. The zero-order chi connectivity index (χ0) is 19.6. The van der Waals surface area contributed by atoms with E-state index in [1.54, 1.807) is 0 Å². The fourth-order valence-electron chi connectivity index (χ4n) is 2.66. The topological polar surface area (TPSA) is 64.6 Å². The lowest BCUT2D eigenvalue weighted by atomic mass is 10.0. The molecule has 2 aromatic rings. The van der Waals surface area contributed by atoms with Crippen LogP contribution in [0.15, 0.2) is 54.6 Å². The monoisotopic (exact) mass is 369 g/mol. The smallest absolute Gasteiger partial charge is 0.328 e. The number of benzene rings is 2. The number of nitrogens with one attached hydrogen (secondary N) is 1. The maximum Gasteiger partial charge on any atom is 0.328 e. The molecule has 1 atom stereocenters. The van der Waals surface area contributed by atoms with Crippen LogP contribution in [0.5, 0.6) is 5.75 Å². The van der Waals surface area contributed by atoms with Crippen molar-refractivity contribution in [1.29, 1.82) is 0 Å². The van der Waals surface area contributed by atoms with Gasteiger partial charge in [0.25, 0.3) is 0 Å². The number of methoxy groups -OCH3 is 1. The van der Waals surface area contributed by atoms with Crippen molar-refractivity contribution in [3.63, 3.8) is 0 Å². The Hall–Kier alpha value is -2.82. The summed E-state index contributed by atoms with van der Waals surface area (Å²) in [4.78, 5) is 24.0. The van der Waals surface area contributed by atoms with Crippen LogP contribution < -0.4 is 10.1 Å². The summed E-state index contributed by atoms with van der Waals surface area (Å²) < 4.78 is 10.6. The van der Waals surface area contributed by atoms with Gasteiger partial charge in [0, 0.05) is 12.8 Å². The fourth-order valence-corrected chi connectivity index (χ4v) is 2.66. The molecule has 0 unspecified atom stereocenters. The molecule has 0 fully saturated rings. The second-order valence-corrected chi connectivity index (χ2v) is 6.86. The van der Waals surface area contributed by atoms with Crippen molar-refractivity contribution in [2.45, 2.75) is 39.3 Å². The molecule has 0 radical (unpaired) electrons. The van der Waals surface area contributed by atoms with Crippen LogP contribution in [0, 0.1) is 5.92 Å². The fraction of sp³-hybridized carbons (Fsp3) is 0.364. The largest absolute Gasteiger partial charge is 0.489 e. The van der Waals surface area contributed by atoms with Gasteiger partial charge in [-0.25, -0.2) is 4.79 Å². The van der Waals surface area contributed by atoms with Crippen LogP contribution in [0.3, 0.4) is 0 Å². The van der Waals surface area contributed by atoms with Crippen LogP contribution in [-0.2, 0) is 27.4 Å². The standard InChI is InChI=1S/C22H27NO4/c1-16(2)13-21(24)23-20(22(25)26-3)14-17-9-11-19(12-10-17)27-15-18-7-5-4-6-8-18/h4-12,16,20H,13-15H2,1-3H3,(H,23,24)/t20-/m0/s1. The summed E-state index contributed by atoms with van der Waals surface area (Å²) in [5, 5.41) is 2.76. The summed E-state index contributed by atoms with van der Waals surface area (Å²) in [6.07, 6.45) is 0.745. The molecule has 144 valence electrons. The zero-order valence-corrected chi connectivity index (χ0v) is 16.1. The molecule has 5 heteroatoms. The average Bonchev–Trinajstić information content (AvgIpc) is 2.66. The van der Waals surface area contributed by atoms with E-state index in [0.29, 0.717) is 19.4 Å². The van der Waals surface area contributed by atoms with Gasteiger partial charge >= 0.3 is 5.97 Å². The highest BCUT2D eigenvalue weighted by Gasteiger charge is 2.22. The highest BCUT2D eigenvalue weighted by atomic mass is 16.5. The van der Waals surface area contributed by atoms with Crippen LogP contribution in [0.25, 0.3) is 0 Å². The highest BCUT2D eigenvalue weighted by molar-refractivity contribution is 5.84. The molecular weight excluding hydrogens is 342 g/mol. The first-order valence-electron chi connectivity index (χ1n) is 9.10. The highest BCUT2D eigenvalue weighted by Crippen LogP contribution is 2.16. The first-order chi connectivity index (χ1) is 13.0. The normalized spacial score (nSPS) is 11.7. The number of rotatable bonds is 9. The Bertz CT molecular complexity index is 726. The van der Waals surface area contributed by atoms with E-state index in [1.807, 2.05) is 68.4 Å². The SMILES string of the molecule is COC(=O)[C@H](Cc1ccc(OCc2ccccc2)cc1)NC(=O)CC(C)C. The summed E-state index contributed by atoms with van der Waals surface area (Å²) in [6, 6.07) is 16.8. The molecule has 0 aliphatic heterocycles. The number of esters is 1. The summed E-state index contributed by atoms with van der Waals surface area (Å²) in [7, 11) is 1.32. The van der Waals surface area contributed by atoms with E-state index in [1.165, 1.54) is 7.11 Å². The lowest BCUT2D eigenvalue weighted by Crippen LogP contribution is -2.43. The van der Waals surface area contributed by atoms with Crippen molar-refractivity contribution in [1.82, 2.24) is 5.32 Å². The molecule has 0 bridgehead atoms. The van der Waals surface area contributed by atoms with Gasteiger partial charge in [-0.15, -0.1) is 0 Å². The summed E-state index contributed by atoms with van der Waals surface area (Å²) in [5.41, 5.74) is 2.02. The van der Waals surface area contributed by atoms with Crippen LogP contribution in [0.4, 0.5) is 0 Å². The van der Waals surface area contributed by atoms with E-state index in [9.17, 15) is 9.59 Å². The Balaban J connectivity index is 1.94. The molecule has 1 N–H and O–H groups in total. The molecular formula is C22H27NO4. The number of carbonyl (C=O) groups excluding carboxylic acids is 2. The minimum Gasteiger partial charge on any atom is -0.489 e. The molecule has 0 aromatic heterocycles. The minimum absolute atomic E-state index is 0.150. The zero-order valence-electron chi connectivity index (χ0n) is 16.1. The van der Waals surface area contributed by atoms with Gasteiger partial charge in [0.2, 0.25) is 5.91 Å². The van der Waals surface area contributed by atoms with Crippen LogP contribution in [-0.4, -0.2) is 25.0 Å². The number of amides is 1. The molecule has 5 nitrogen and oxygen atoms in total. The third-order valence-corrected chi connectivity index (χ3v) is 4.03. The number of hydrogen-bond donors (Lipinski definition) is 1. The maximum absolute atomic E-state index is 12.0. The summed E-state index contributed by atoms with van der Waals surface area (Å²) in [6.45, 7) is 4.41. The third-order valence-electron chi connectivity index (χ3n) is 4.03. The van der Waals surface area contributed by atoms with Gasteiger partial charge in [-0.1, -0.05) is 56.3 Å². The second-order valence-electron chi connectivity index (χ2n) is 6.86. The molecule has 0 saturated heterocycles. The lowest BCUT2D eigenvalue weighted by molar-refractivity contribution is -0.145. The molecule has 2 aromatic carbocycles. The van der Waals surface area contributed by atoms with Gasteiger partial charge in [-0.05, 0) is 29.2 Å². The Labute approximate surface area is 160 Å². The second kappa shape index (κ2) is 10.4. The quantitative estimate of drug-likeness (QED) is 0.687. The van der Waals surface area contributed by atoms with Crippen LogP contribution in [0.2, 0.25) is 0 Å². The van der Waals surface area contributed by atoms with Gasteiger partial charge in [0.15, 0.2) is 0 Å². The lowest BCUT2D eigenvalue weighted by Gasteiger charge is -2.17. The van der Waals surface area contributed by atoms with Crippen LogP contribution in [0.1, 0.15) is 31.4 Å². The van der Waals surface area contributed by atoms with Gasteiger partial charge in [0.05, 0.1) is 7.11 Å². The van der Waals surface area contributed by atoms with Crippen molar-refractivity contribution >= 4 is 11.9 Å². The van der Waals surface area contributed by atoms with Crippen molar-refractivity contribution in [3.05, 3.63) is 65.7 Å². The number of ether oxygens (including phenoxy) is 2. The molecule has 1 amide bonds. The molecule has 2 rings (SSSR count). The molecule has 0 aliphatic carbocycles. The predicted molar refractivity (Wildman–Crippen MR) is 104 cm³/mol. The minimum atomic E-state index is -0.697. The van der Waals surface area contributed by atoms with Crippen LogP contribution >= 0.6 is 0 Å². The number of hydrogen-bond acceptors (Lipinski definition) is 4. The Morgan fingerprint density at radius 1 is 0.963 bits per heavy atom.